The number of amides is 1. The first-order valence-electron chi connectivity index (χ1n) is 12.1. The predicted molar refractivity (Wildman–Crippen MR) is 135 cm³/mol. The van der Waals surface area contributed by atoms with Crippen LogP contribution in [0.2, 0.25) is 0 Å². The molecule has 3 atom stereocenters. The molecule has 0 radical (unpaired) electrons. The minimum absolute atomic E-state index is 0.0786. The number of hydrogen-bond donors (Lipinski definition) is 1. The lowest BCUT2D eigenvalue weighted by Crippen LogP contribution is -2.53. The average molecular weight is 542 g/mol. The maximum atomic E-state index is 15.8. The molecular formula is C26H34F3N3O4S. The third-order valence-corrected chi connectivity index (χ3v) is 7.77. The van der Waals surface area contributed by atoms with Crippen molar-refractivity contribution in [3.05, 3.63) is 64.7 Å². The highest BCUT2D eigenvalue weighted by molar-refractivity contribution is 7.89. The highest BCUT2D eigenvalue weighted by atomic mass is 32.2. The number of sulfonamides is 1. The highest BCUT2D eigenvalue weighted by Crippen LogP contribution is 2.37. The maximum absolute atomic E-state index is 15.8. The van der Waals surface area contributed by atoms with Gasteiger partial charge in [0.2, 0.25) is 10.0 Å². The molecule has 3 rings (SSSR count). The molecule has 0 bridgehead atoms. The summed E-state index contributed by atoms with van der Waals surface area (Å²) in [5, 5.41) is 0. The summed E-state index contributed by atoms with van der Waals surface area (Å²) in [6.45, 7) is 8.70. The molecular weight excluding hydrogens is 507 g/mol. The van der Waals surface area contributed by atoms with Crippen LogP contribution in [0.25, 0.3) is 0 Å². The van der Waals surface area contributed by atoms with Gasteiger partial charge in [0.1, 0.15) is 17.5 Å². The Labute approximate surface area is 216 Å². The molecule has 2 heterocycles. The Morgan fingerprint density at radius 2 is 1.95 bits per heavy atom. The van der Waals surface area contributed by atoms with Crippen molar-refractivity contribution in [2.45, 2.75) is 77.5 Å². The van der Waals surface area contributed by atoms with Gasteiger partial charge >= 0.3 is 6.09 Å². The molecule has 1 aromatic carbocycles. The van der Waals surface area contributed by atoms with Crippen molar-refractivity contribution in [3.63, 3.8) is 0 Å². The fourth-order valence-electron chi connectivity index (χ4n) is 4.51. The smallest absolute Gasteiger partial charge is 0.410 e. The Bertz CT molecular complexity index is 1250. The SMILES string of the molecule is CCS(=O)(=O)N[C@@H]1[C@H](Cc2cccc(C(C)c3ncccc3C)c2F)N(C(=O)OC(C)(C)C)CC1(F)F. The number of aromatic nitrogens is 1. The van der Waals surface area contributed by atoms with Crippen molar-refractivity contribution in [1.29, 1.82) is 0 Å². The second kappa shape index (κ2) is 10.6. The maximum Gasteiger partial charge on any atom is 0.410 e. The number of rotatable bonds is 7. The van der Waals surface area contributed by atoms with E-state index in [1.165, 1.54) is 13.0 Å². The quantitative estimate of drug-likeness (QED) is 0.545. The standard InChI is InChI=1S/C26H34F3N3O4S/c1-7-37(34,35)31-23-20(32(15-26(23,28)29)24(33)36-25(4,5)6)14-18-11-8-12-19(21(18)27)17(3)22-16(2)10-9-13-30-22/h8-13,17,20,23,31H,7,14-15H2,1-6H3/t17?,20-,23+/m0/s1. The number of pyridine rings is 1. The van der Waals surface area contributed by atoms with Gasteiger partial charge in [-0.25, -0.2) is 31.1 Å². The van der Waals surface area contributed by atoms with Gasteiger partial charge in [0, 0.05) is 12.1 Å². The number of nitrogens with zero attached hydrogens (tertiary/aromatic N) is 2. The summed E-state index contributed by atoms with van der Waals surface area (Å²) in [6, 6.07) is 4.96. The van der Waals surface area contributed by atoms with Crippen LogP contribution in [0, 0.1) is 12.7 Å². The normalized spacial score (nSPS) is 20.6. The number of aryl methyl sites for hydroxylation is 1. The van der Waals surface area contributed by atoms with Crippen LogP contribution in [0.3, 0.4) is 0 Å². The van der Waals surface area contributed by atoms with E-state index in [-0.39, 0.29) is 12.0 Å². The topological polar surface area (TPSA) is 88.6 Å². The Morgan fingerprint density at radius 3 is 2.54 bits per heavy atom. The minimum Gasteiger partial charge on any atom is -0.444 e. The molecule has 0 spiro atoms. The summed E-state index contributed by atoms with van der Waals surface area (Å²) in [4.78, 5) is 18.1. The highest BCUT2D eigenvalue weighted by Gasteiger charge is 2.58. The zero-order valence-electron chi connectivity index (χ0n) is 21.9. The van der Waals surface area contributed by atoms with Crippen LogP contribution >= 0.6 is 0 Å². The Balaban J connectivity index is 2.03. The fraction of sp³-hybridized carbons (Fsp3) is 0.538. The van der Waals surface area contributed by atoms with E-state index in [0.717, 1.165) is 10.5 Å². The largest absolute Gasteiger partial charge is 0.444 e. The van der Waals surface area contributed by atoms with E-state index < -0.39 is 63.8 Å². The van der Waals surface area contributed by atoms with Crippen molar-refractivity contribution in [2.24, 2.45) is 0 Å². The van der Waals surface area contributed by atoms with E-state index in [0.29, 0.717) is 11.3 Å². The third kappa shape index (κ3) is 6.62. The first-order chi connectivity index (χ1) is 17.1. The lowest BCUT2D eigenvalue weighted by Gasteiger charge is -2.30. The van der Waals surface area contributed by atoms with Crippen molar-refractivity contribution in [1.82, 2.24) is 14.6 Å². The number of halogens is 3. The molecule has 1 saturated heterocycles. The molecule has 1 aliphatic rings. The zero-order chi connectivity index (χ0) is 27.8. The Hall–Kier alpha value is -2.66. The first-order valence-corrected chi connectivity index (χ1v) is 13.8. The predicted octanol–water partition coefficient (Wildman–Crippen LogP) is 4.79. The number of likely N-dealkylation sites (tertiary alicyclic amines) is 1. The molecule has 37 heavy (non-hydrogen) atoms. The van der Waals surface area contributed by atoms with E-state index in [2.05, 4.69) is 4.98 Å². The van der Waals surface area contributed by atoms with Gasteiger partial charge in [0.25, 0.3) is 5.92 Å². The molecule has 1 aromatic heterocycles. The molecule has 204 valence electrons. The number of ether oxygens (including phenoxy) is 1. The van der Waals surface area contributed by atoms with Crippen molar-refractivity contribution < 1.29 is 31.1 Å². The number of benzene rings is 1. The summed E-state index contributed by atoms with van der Waals surface area (Å²) in [5.74, 6) is -5.07. The van der Waals surface area contributed by atoms with Gasteiger partial charge in [-0.05, 0) is 63.8 Å². The lowest BCUT2D eigenvalue weighted by atomic mass is 9.90. The van der Waals surface area contributed by atoms with Gasteiger partial charge in [0.05, 0.1) is 24.0 Å². The summed E-state index contributed by atoms with van der Waals surface area (Å²) < 4.78 is 78.1. The molecule has 1 amide bonds. The number of carbonyl (C=O) groups excluding carboxylic acids is 1. The summed E-state index contributed by atoms with van der Waals surface area (Å²) in [7, 11) is -4.07. The molecule has 1 unspecified atom stereocenters. The molecule has 1 N–H and O–H groups in total. The van der Waals surface area contributed by atoms with Crippen LogP contribution in [0.4, 0.5) is 18.0 Å². The van der Waals surface area contributed by atoms with Crippen LogP contribution in [0.5, 0.6) is 0 Å². The second-order valence-electron chi connectivity index (χ2n) is 10.4. The van der Waals surface area contributed by atoms with Gasteiger partial charge in [-0.3, -0.25) is 9.88 Å². The number of hydrogen-bond acceptors (Lipinski definition) is 5. The average Bonchev–Trinajstić information content (AvgIpc) is 3.03. The van der Waals surface area contributed by atoms with Gasteiger partial charge in [0.15, 0.2) is 0 Å². The Kier molecular flexibility index (Phi) is 8.28. The van der Waals surface area contributed by atoms with Crippen LogP contribution in [-0.2, 0) is 21.2 Å². The van der Waals surface area contributed by atoms with E-state index in [1.54, 1.807) is 52.1 Å². The monoisotopic (exact) mass is 541 g/mol. The third-order valence-electron chi connectivity index (χ3n) is 6.40. The zero-order valence-corrected chi connectivity index (χ0v) is 22.7. The molecule has 1 fully saturated rings. The van der Waals surface area contributed by atoms with E-state index in [4.69, 9.17) is 4.74 Å². The van der Waals surface area contributed by atoms with Crippen LogP contribution in [-0.4, -0.2) is 60.3 Å². The van der Waals surface area contributed by atoms with Gasteiger partial charge < -0.3 is 4.74 Å². The molecule has 0 aliphatic carbocycles. The van der Waals surface area contributed by atoms with E-state index >= 15 is 13.2 Å². The molecule has 11 heteroatoms. The minimum atomic E-state index is -4.07. The van der Waals surface area contributed by atoms with Crippen LogP contribution in [0.1, 0.15) is 62.9 Å². The number of alkyl halides is 2. The number of nitrogens with one attached hydrogen (secondary N) is 1. The Morgan fingerprint density at radius 1 is 1.27 bits per heavy atom. The fourth-order valence-corrected chi connectivity index (χ4v) is 5.39. The summed E-state index contributed by atoms with van der Waals surface area (Å²) >= 11 is 0. The van der Waals surface area contributed by atoms with Crippen molar-refractivity contribution in [3.8, 4) is 0 Å². The molecule has 1 aliphatic heterocycles. The van der Waals surface area contributed by atoms with E-state index in [1.807, 2.05) is 17.7 Å². The summed E-state index contributed by atoms with van der Waals surface area (Å²) in [6.07, 6.45) is 0.244. The second-order valence-corrected chi connectivity index (χ2v) is 12.4. The summed E-state index contributed by atoms with van der Waals surface area (Å²) in [5.41, 5.74) is 0.975. The van der Waals surface area contributed by atoms with Crippen LogP contribution < -0.4 is 4.72 Å². The molecule has 7 nitrogen and oxygen atoms in total. The van der Waals surface area contributed by atoms with Gasteiger partial charge in [-0.2, -0.15) is 0 Å². The van der Waals surface area contributed by atoms with Gasteiger partial charge in [-0.1, -0.05) is 31.2 Å². The molecule has 0 saturated carbocycles. The van der Waals surface area contributed by atoms with Gasteiger partial charge in [-0.15, -0.1) is 0 Å². The lowest BCUT2D eigenvalue weighted by molar-refractivity contribution is -0.0122. The van der Waals surface area contributed by atoms with Crippen LogP contribution in [0.15, 0.2) is 36.5 Å². The van der Waals surface area contributed by atoms with E-state index in [9.17, 15) is 13.2 Å². The van der Waals surface area contributed by atoms with Crippen molar-refractivity contribution >= 4 is 16.1 Å². The molecule has 2 aromatic rings. The van der Waals surface area contributed by atoms with Crippen molar-refractivity contribution in [2.75, 3.05) is 12.3 Å². The first kappa shape index (κ1) is 28.9. The number of carbonyl (C=O) groups is 1.